The van der Waals surface area contributed by atoms with Gasteiger partial charge in [0.05, 0.1) is 5.69 Å². The molecule has 3 N–H and O–H groups in total. The summed E-state index contributed by atoms with van der Waals surface area (Å²) in [6, 6.07) is 9.01. The van der Waals surface area contributed by atoms with Crippen molar-refractivity contribution in [2.75, 3.05) is 5.75 Å². The number of rotatable bonds is 6. The molecule has 106 valence electrons. The molecule has 1 aromatic carbocycles. The Morgan fingerprint density at radius 2 is 1.95 bits per heavy atom. The fourth-order valence-corrected chi connectivity index (χ4v) is 2.44. The summed E-state index contributed by atoms with van der Waals surface area (Å²) < 4.78 is 25.0. The fourth-order valence-electron chi connectivity index (χ4n) is 1.63. The minimum Gasteiger partial charge on any atom is -0.480 e. The lowest BCUT2D eigenvalue weighted by Crippen LogP contribution is -2.29. The topological polar surface area (TPSA) is 112 Å². The largest absolute Gasteiger partial charge is 0.480 e. The van der Waals surface area contributed by atoms with E-state index in [1.54, 1.807) is 18.3 Å². The van der Waals surface area contributed by atoms with Gasteiger partial charge >= 0.3 is 5.97 Å². The molecule has 2 aromatic rings. The highest BCUT2D eigenvalue weighted by atomic mass is 32.2. The van der Waals surface area contributed by atoms with Crippen LogP contribution in [0.15, 0.2) is 36.5 Å². The highest BCUT2D eigenvalue weighted by Crippen LogP contribution is 2.16. The van der Waals surface area contributed by atoms with Gasteiger partial charge in [-0.3, -0.25) is 9.89 Å². The normalized spacial score (nSPS) is 11.4. The van der Waals surface area contributed by atoms with Crippen LogP contribution in [0.4, 0.5) is 0 Å². The van der Waals surface area contributed by atoms with Gasteiger partial charge in [0.2, 0.25) is 10.0 Å². The summed E-state index contributed by atoms with van der Waals surface area (Å²) in [6.07, 6.45) is 1.64. The van der Waals surface area contributed by atoms with Crippen molar-refractivity contribution >= 4 is 16.0 Å². The van der Waals surface area contributed by atoms with Crippen molar-refractivity contribution in [1.29, 1.82) is 0 Å². The molecule has 0 amide bonds. The predicted molar refractivity (Wildman–Crippen MR) is 72.3 cm³/mol. The smallest absolute Gasteiger partial charge is 0.320 e. The zero-order valence-corrected chi connectivity index (χ0v) is 11.2. The van der Waals surface area contributed by atoms with Gasteiger partial charge in [0, 0.05) is 12.7 Å². The van der Waals surface area contributed by atoms with Crippen molar-refractivity contribution in [1.82, 2.24) is 14.9 Å². The third-order valence-electron chi connectivity index (χ3n) is 2.58. The number of aromatic nitrogens is 2. The molecule has 1 heterocycles. The van der Waals surface area contributed by atoms with Gasteiger partial charge in [-0.1, -0.05) is 24.3 Å². The molecule has 20 heavy (non-hydrogen) atoms. The van der Waals surface area contributed by atoms with E-state index >= 15 is 0 Å². The maximum absolute atomic E-state index is 11.4. The van der Waals surface area contributed by atoms with E-state index in [-0.39, 0.29) is 6.54 Å². The fraction of sp³-hybridized carbons (Fsp3) is 0.167. The Balaban J connectivity index is 2.00. The van der Waals surface area contributed by atoms with Gasteiger partial charge in [-0.25, -0.2) is 13.1 Å². The van der Waals surface area contributed by atoms with Crippen molar-refractivity contribution in [3.05, 3.63) is 42.1 Å². The lowest BCUT2D eigenvalue weighted by atomic mass is 10.1. The van der Waals surface area contributed by atoms with Crippen LogP contribution < -0.4 is 4.72 Å². The van der Waals surface area contributed by atoms with E-state index in [4.69, 9.17) is 5.11 Å². The molecule has 7 nitrogen and oxygen atoms in total. The zero-order valence-electron chi connectivity index (χ0n) is 10.4. The number of hydrogen-bond acceptors (Lipinski definition) is 4. The number of carboxylic acid groups (broad SMARTS) is 1. The molecule has 0 aliphatic rings. The van der Waals surface area contributed by atoms with Crippen LogP contribution in [-0.2, 0) is 21.4 Å². The molecule has 0 spiro atoms. The quantitative estimate of drug-likeness (QED) is 0.721. The molecule has 8 heteroatoms. The van der Waals surface area contributed by atoms with Gasteiger partial charge in [-0.2, -0.15) is 5.10 Å². The van der Waals surface area contributed by atoms with E-state index in [1.165, 1.54) is 0 Å². The van der Waals surface area contributed by atoms with Gasteiger partial charge in [0.1, 0.15) is 0 Å². The van der Waals surface area contributed by atoms with Crippen LogP contribution in [0, 0.1) is 0 Å². The average Bonchev–Trinajstić information content (AvgIpc) is 2.89. The summed E-state index contributed by atoms with van der Waals surface area (Å²) in [6.45, 7) is 0.0544. The molecule has 0 unspecified atom stereocenters. The summed E-state index contributed by atoms with van der Waals surface area (Å²) in [5.41, 5.74) is 2.53. The van der Waals surface area contributed by atoms with E-state index in [1.807, 2.05) is 18.2 Å². The Hall–Kier alpha value is -2.19. The molecule has 0 radical (unpaired) electrons. The van der Waals surface area contributed by atoms with E-state index in [9.17, 15) is 13.2 Å². The lowest BCUT2D eigenvalue weighted by Gasteiger charge is -2.05. The van der Waals surface area contributed by atoms with E-state index < -0.39 is 21.7 Å². The summed E-state index contributed by atoms with van der Waals surface area (Å²) >= 11 is 0. The molecular formula is C12H13N3O4S. The number of aromatic amines is 1. The lowest BCUT2D eigenvalue weighted by molar-refractivity contribution is -0.134. The molecule has 0 atom stereocenters. The first-order valence-electron chi connectivity index (χ1n) is 5.74. The van der Waals surface area contributed by atoms with Gasteiger partial charge in [-0.05, 0) is 17.2 Å². The number of H-pyrrole nitrogens is 1. The second-order valence-corrected chi connectivity index (χ2v) is 5.95. The van der Waals surface area contributed by atoms with Crippen LogP contribution in [0.25, 0.3) is 11.3 Å². The SMILES string of the molecule is O=C(O)CS(=O)(=O)NCc1ccc(-c2ccn[nH]2)cc1. The molecule has 0 aliphatic carbocycles. The van der Waals surface area contributed by atoms with Gasteiger partial charge < -0.3 is 5.11 Å². The Labute approximate surface area is 115 Å². The van der Waals surface area contributed by atoms with Gasteiger partial charge in [0.25, 0.3) is 0 Å². The number of nitrogens with one attached hydrogen (secondary N) is 2. The van der Waals surface area contributed by atoms with Crippen molar-refractivity contribution in [2.24, 2.45) is 0 Å². The monoisotopic (exact) mass is 295 g/mol. The molecule has 1 aromatic heterocycles. The number of aliphatic carboxylic acids is 1. The number of carbonyl (C=O) groups is 1. The van der Waals surface area contributed by atoms with Crippen molar-refractivity contribution < 1.29 is 18.3 Å². The first-order valence-corrected chi connectivity index (χ1v) is 7.39. The second-order valence-electron chi connectivity index (χ2n) is 4.14. The molecule has 0 fully saturated rings. The van der Waals surface area contributed by atoms with Crippen molar-refractivity contribution in [2.45, 2.75) is 6.54 Å². The Kier molecular flexibility index (Phi) is 4.16. The van der Waals surface area contributed by atoms with Crippen LogP contribution in [0.3, 0.4) is 0 Å². The minimum absolute atomic E-state index is 0.0544. The summed E-state index contributed by atoms with van der Waals surface area (Å²) in [7, 11) is -3.80. The third-order valence-corrected chi connectivity index (χ3v) is 3.79. The van der Waals surface area contributed by atoms with E-state index in [0.29, 0.717) is 0 Å². The predicted octanol–water partition coefficient (Wildman–Crippen LogP) is 0.581. The maximum atomic E-state index is 11.4. The second kappa shape index (κ2) is 5.85. The number of hydrogen-bond donors (Lipinski definition) is 3. The molecule has 2 rings (SSSR count). The first-order chi connectivity index (χ1) is 9.46. The standard InChI is InChI=1S/C12H13N3O4S/c16-12(17)8-20(18,19)14-7-9-1-3-10(4-2-9)11-5-6-13-15-11/h1-6,14H,7-8H2,(H,13,15)(H,16,17). The average molecular weight is 295 g/mol. The van der Waals surface area contributed by atoms with Crippen molar-refractivity contribution in [3.63, 3.8) is 0 Å². The molecule has 0 bridgehead atoms. The number of sulfonamides is 1. The third kappa shape index (κ3) is 3.90. The molecule has 0 saturated carbocycles. The Morgan fingerprint density at radius 1 is 1.25 bits per heavy atom. The van der Waals surface area contributed by atoms with Crippen molar-refractivity contribution in [3.8, 4) is 11.3 Å². The number of benzene rings is 1. The van der Waals surface area contributed by atoms with Crippen LogP contribution in [0.2, 0.25) is 0 Å². The van der Waals surface area contributed by atoms with E-state index in [0.717, 1.165) is 16.8 Å². The zero-order chi connectivity index (χ0) is 14.6. The van der Waals surface area contributed by atoms with Crippen LogP contribution >= 0.6 is 0 Å². The maximum Gasteiger partial charge on any atom is 0.320 e. The highest BCUT2D eigenvalue weighted by Gasteiger charge is 2.14. The molecule has 0 aliphatic heterocycles. The molecule has 0 saturated heterocycles. The van der Waals surface area contributed by atoms with E-state index in [2.05, 4.69) is 14.9 Å². The number of nitrogens with zero attached hydrogens (tertiary/aromatic N) is 1. The highest BCUT2D eigenvalue weighted by molar-refractivity contribution is 7.90. The van der Waals surface area contributed by atoms with Crippen LogP contribution in [0.1, 0.15) is 5.56 Å². The summed E-state index contributed by atoms with van der Waals surface area (Å²) in [4.78, 5) is 10.4. The summed E-state index contributed by atoms with van der Waals surface area (Å²) in [5.74, 6) is -2.31. The minimum atomic E-state index is -3.80. The first kappa shape index (κ1) is 14.2. The van der Waals surface area contributed by atoms with Crippen LogP contribution in [-0.4, -0.2) is 35.4 Å². The molecular weight excluding hydrogens is 282 g/mol. The summed E-state index contributed by atoms with van der Waals surface area (Å²) in [5, 5.41) is 15.1. The van der Waals surface area contributed by atoms with Crippen LogP contribution in [0.5, 0.6) is 0 Å². The van der Waals surface area contributed by atoms with Gasteiger partial charge in [-0.15, -0.1) is 0 Å². The van der Waals surface area contributed by atoms with Gasteiger partial charge in [0.15, 0.2) is 5.75 Å². The Morgan fingerprint density at radius 3 is 2.50 bits per heavy atom. The number of carboxylic acids is 1. The Bertz CT molecular complexity index is 678.